The summed E-state index contributed by atoms with van der Waals surface area (Å²) in [5.41, 5.74) is 1.68. The Morgan fingerprint density at radius 3 is 2.72 bits per heavy atom. The lowest BCUT2D eigenvalue weighted by atomic mass is 10.1. The second-order valence-electron chi connectivity index (χ2n) is 8.32. The van der Waals surface area contributed by atoms with Crippen LogP contribution < -0.4 is 19.7 Å². The number of piperidine rings is 1. The smallest absolute Gasteiger partial charge is 0.220 e. The second-order valence-corrected chi connectivity index (χ2v) is 8.32. The van der Waals surface area contributed by atoms with E-state index >= 15 is 0 Å². The number of fused-ring (bicyclic) bond motifs is 2. The van der Waals surface area contributed by atoms with Crippen LogP contribution in [-0.2, 0) is 11.2 Å². The van der Waals surface area contributed by atoms with Gasteiger partial charge in [0.2, 0.25) is 5.91 Å². The van der Waals surface area contributed by atoms with Crippen LogP contribution in [-0.4, -0.2) is 52.0 Å². The third-order valence-electron chi connectivity index (χ3n) is 6.01. The third kappa shape index (κ3) is 4.32. The first-order chi connectivity index (χ1) is 15.7. The molecule has 1 fully saturated rings. The highest BCUT2D eigenvalue weighted by molar-refractivity contribution is 5.76. The minimum absolute atomic E-state index is 0.0451. The van der Waals surface area contributed by atoms with Gasteiger partial charge in [-0.25, -0.2) is 0 Å². The molecule has 1 aromatic carbocycles. The van der Waals surface area contributed by atoms with Gasteiger partial charge in [0.05, 0.1) is 6.04 Å². The standard InChI is InChI=1S/C23H28N6O3/c1-16(17-5-6-18-19(15-17)32-14-13-31-18)24-23(30)10-9-21-26-25-20-7-8-22(27-29(20)21)28-11-3-2-4-12-28/h5-8,15-16H,2-4,9-14H2,1H3,(H,24,30). The van der Waals surface area contributed by atoms with Crippen LogP contribution in [0.5, 0.6) is 11.5 Å². The number of carbonyl (C=O) groups is 1. The molecule has 3 aromatic rings. The number of aryl methyl sites for hydroxylation is 1. The molecule has 9 nitrogen and oxygen atoms in total. The Labute approximate surface area is 186 Å². The molecule has 2 aliphatic rings. The molecule has 4 heterocycles. The SMILES string of the molecule is CC(NC(=O)CCc1nnc2ccc(N3CCCCC3)nn12)c1ccc2c(c1)OCCO2. The van der Waals surface area contributed by atoms with Crippen molar-refractivity contribution in [3.8, 4) is 11.5 Å². The number of carbonyl (C=O) groups excluding carboxylic acids is 1. The van der Waals surface area contributed by atoms with Gasteiger partial charge in [0.25, 0.3) is 0 Å². The van der Waals surface area contributed by atoms with Crippen LogP contribution >= 0.6 is 0 Å². The Kier molecular flexibility index (Phi) is 5.79. The lowest BCUT2D eigenvalue weighted by molar-refractivity contribution is -0.121. The van der Waals surface area contributed by atoms with Crippen molar-refractivity contribution < 1.29 is 14.3 Å². The van der Waals surface area contributed by atoms with E-state index in [-0.39, 0.29) is 11.9 Å². The van der Waals surface area contributed by atoms with Crippen LogP contribution in [0.4, 0.5) is 5.82 Å². The zero-order valence-corrected chi connectivity index (χ0v) is 18.3. The lowest BCUT2D eigenvalue weighted by Gasteiger charge is -2.27. The summed E-state index contributed by atoms with van der Waals surface area (Å²) >= 11 is 0. The van der Waals surface area contributed by atoms with Gasteiger partial charge in [0.15, 0.2) is 23.0 Å². The van der Waals surface area contributed by atoms with Gasteiger partial charge in [-0.1, -0.05) is 6.07 Å². The molecule has 9 heteroatoms. The highest BCUT2D eigenvalue weighted by Gasteiger charge is 2.18. The molecule has 1 saturated heterocycles. The average molecular weight is 437 g/mol. The fourth-order valence-electron chi connectivity index (χ4n) is 4.22. The van der Waals surface area contributed by atoms with E-state index in [1.54, 1.807) is 4.52 Å². The summed E-state index contributed by atoms with van der Waals surface area (Å²) in [7, 11) is 0. The summed E-state index contributed by atoms with van der Waals surface area (Å²) in [5, 5.41) is 16.3. The summed E-state index contributed by atoms with van der Waals surface area (Å²) in [4.78, 5) is 14.9. The van der Waals surface area contributed by atoms with Gasteiger partial charge in [-0.05, 0) is 56.0 Å². The Hall–Kier alpha value is -3.36. The lowest BCUT2D eigenvalue weighted by Crippen LogP contribution is -2.30. The van der Waals surface area contributed by atoms with Gasteiger partial charge in [-0.3, -0.25) is 4.79 Å². The van der Waals surface area contributed by atoms with E-state index in [9.17, 15) is 4.79 Å². The van der Waals surface area contributed by atoms with Crippen molar-refractivity contribution in [2.45, 2.75) is 45.1 Å². The van der Waals surface area contributed by atoms with Gasteiger partial charge in [-0.2, -0.15) is 4.52 Å². The minimum Gasteiger partial charge on any atom is -0.486 e. The molecule has 0 saturated carbocycles. The van der Waals surface area contributed by atoms with Crippen molar-refractivity contribution in [1.82, 2.24) is 25.1 Å². The van der Waals surface area contributed by atoms with Crippen LogP contribution in [0, 0.1) is 0 Å². The number of nitrogens with zero attached hydrogens (tertiary/aromatic N) is 5. The number of hydrogen-bond donors (Lipinski definition) is 1. The molecule has 0 spiro atoms. The van der Waals surface area contributed by atoms with Crippen molar-refractivity contribution in [3.05, 3.63) is 41.7 Å². The Morgan fingerprint density at radius 2 is 1.88 bits per heavy atom. The van der Waals surface area contributed by atoms with Crippen molar-refractivity contribution in [3.63, 3.8) is 0 Å². The number of hydrogen-bond acceptors (Lipinski definition) is 7. The molecule has 2 aromatic heterocycles. The number of anilines is 1. The summed E-state index contributed by atoms with van der Waals surface area (Å²) < 4.78 is 13.0. The van der Waals surface area contributed by atoms with E-state index in [1.807, 2.05) is 37.3 Å². The van der Waals surface area contributed by atoms with Crippen LogP contribution in [0.3, 0.4) is 0 Å². The summed E-state index contributed by atoms with van der Waals surface area (Å²) in [6.45, 7) is 5.11. The topological polar surface area (TPSA) is 93.9 Å². The van der Waals surface area contributed by atoms with Gasteiger partial charge in [-0.15, -0.1) is 15.3 Å². The highest BCUT2D eigenvalue weighted by Crippen LogP contribution is 2.32. The fourth-order valence-corrected chi connectivity index (χ4v) is 4.22. The van der Waals surface area contributed by atoms with Crippen LogP contribution in [0.2, 0.25) is 0 Å². The zero-order chi connectivity index (χ0) is 21.9. The Bertz CT molecular complexity index is 1110. The molecule has 168 valence electrons. The van der Waals surface area contributed by atoms with Crippen molar-refractivity contribution in [2.75, 3.05) is 31.2 Å². The molecule has 0 radical (unpaired) electrons. The largest absolute Gasteiger partial charge is 0.486 e. The predicted octanol–water partition coefficient (Wildman–Crippen LogP) is 2.70. The molecule has 0 aliphatic carbocycles. The second kappa shape index (κ2) is 9.02. The zero-order valence-electron chi connectivity index (χ0n) is 18.3. The molecule has 0 bridgehead atoms. The van der Waals surface area contributed by atoms with Crippen LogP contribution in [0.1, 0.15) is 50.0 Å². The molecule has 1 unspecified atom stereocenters. The van der Waals surface area contributed by atoms with Gasteiger partial charge >= 0.3 is 0 Å². The summed E-state index contributed by atoms with van der Waals surface area (Å²) in [5.74, 6) is 3.06. The highest BCUT2D eigenvalue weighted by atomic mass is 16.6. The Balaban J connectivity index is 1.22. The average Bonchev–Trinajstić information content (AvgIpc) is 3.25. The normalized spacial score (nSPS) is 16.7. The first-order valence-electron chi connectivity index (χ1n) is 11.3. The maximum Gasteiger partial charge on any atom is 0.220 e. The van der Waals surface area contributed by atoms with Crippen molar-refractivity contribution in [1.29, 1.82) is 0 Å². The molecule has 1 atom stereocenters. The van der Waals surface area contributed by atoms with E-state index in [0.29, 0.717) is 37.5 Å². The molecule has 32 heavy (non-hydrogen) atoms. The monoisotopic (exact) mass is 436 g/mol. The quantitative estimate of drug-likeness (QED) is 0.635. The summed E-state index contributed by atoms with van der Waals surface area (Å²) in [6, 6.07) is 9.57. The molecular weight excluding hydrogens is 408 g/mol. The number of ether oxygens (including phenoxy) is 2. The molecule has 2 aliphatic heterocycles. The van der Waals surface area contributed by atoms with E-state index < -0.39 is 0 Å². The number of benzene rings is 1. The van der Waals surface area contributed by atoms with Crippen LogP contribution in [0.25, 0.3) is 5.65 Å². The van der Waals surface area contributed by atoms with Crippen LogP contribution in [0.15, 0.2) is 30.3 Å². The van der Waals surface area contributed by atoms with Crippen molar-refractivity contribution >= 4 is 17.4 Å². The third-order valence-corrected chi connectivity index (χ3v) is 6.01. The number of nitrogens with one attached hydrogen (secondary N) is 1. The number of amides is 1. The maximum absolute atomic E-state index is 12.6. The van der Waals surface area contributed by atoms with E-state index in [2.05, 4.69) is 20.4 Å². The first kappa shape index (κ1) is 20.5. The predicted molar refractivity (Wildman–Crippen MR) is 119 cm³/mol. The van der Waals surface area contributed by atoms with Gasteiger partial charge < -0.3 is 19.7 Å². The van der Waals surface area contributed by atoms with Crippen molar-refractivity contribution in [2.24, 2.45) is 0 Å². The maximum atomic E-state index is 12.6. The number of rotatable bonds is 6. The summed E-state index contributed by atoms with van der Waals surface area (Å²) in [6.07, 6.45) is 4.44. The minimum atomic E-state index is -0.141. The molecule has 1 N–H and O–H groups in total. The van der Waals surface area contributed by atoms with Gasteiger partial charge in [0.1, 0.15) is 19.0 Å². The van der Waals surface area contributed by atoms with E-state index in [0.717, 1.165) is 36.0 Å². The molecule has 1 amide bonds. The van der Waals surface area contributed by atoms with E-state index in [4.69, 9.17) is 14.6 Å². The van der Waals surface area contributed by atoms with Gasteiger partial charge in [0, 0.05) is 25.9 Å². The van der Waals surface area contributed by atoms with E-state index in [1.165, 1.54) is 19.3 Å². The Morgan fingerprint density at radius 1 is 1.06 bits per heavy atom. The number of aromatic nitrogens is 4. The molecular formula is C23H28N6O3. The molecule has 5 rings (SSSR count). The fraction of sp³-hybridized carbons (Fsp3) is 0.478. The first-order valence-corrected chi connectivity index (χ1v) is 11.3.